The first-order valence-electron chi connectivity index (χ1n) is 8.07. The van der Waals surface area contributed by atoms with E-state index in [1.165, 1.54) is 0 Å². The largest absolute Gasteiger partial charge is 0.462 e. The summed E-state index contributed by atoms with van der Waals surface area (Å²) in [4.78, 5) is 38.5. The van der Waals surface area contributed by atoms with Gasteiger partial charge in [0.05, 0.1) is 12.2 Å². The lowest BCUT2D eigenvalue weighted by molar-refractivity contribution is -0.154. The number of cyclic esters (lactones) is 1. The third kappa shape index (κ3) is 2.65. The van der Waals surface area contributed by atoms with Gasteiger partial charge in [0, 0.05) is 11.3 Å². The molecule has 2 aromatic rings. The first kappa shape index (κ1) is 17.4. The van der Waals surface area contributed by atoms with Crippen LogP contribution in [0.2, 0.25) is 0 Å². The quantitative estimate of drug-likeness (QED) is 0.470. The zero-order valence-electron chi connectivity index (χ0n) is 14.2. The Hall–Kier alpha value is -3.41. The van der Waals surface area contributed by atoms with Crippen LogP contribution in [0.5, 0.6) is 0 Å². The average molecular weight is 351 g/mol. The van der Waals surface area contributed by atoms with Crippen LogP contribution in [-0.2, 0) is 29.6 Å². The highest BCUT2D eigenvalue weighted by Gasteiger charge is 2.58. The van der Waals surface area contributed by atoms with E-state index in [0.29, 0.717) is 11.3 Å². The Morgan fingerprint density at radius 3 is 2.23 bits per heavy atom. The minimum Gasteiger partial charge on any atom is -0.462 e. The summed E-state index contributed by atoms with van der Waals surface area (Å²) in [6.07, 6.45) is 0. The molecule has 26 heavy (non-hydrogen) atoms. The van der Waals surface area contributed by atoms with E-state index in [9.17, 15) is 14.4 Å². The molecule has 132 valence electrons. The average Bonchev–Trinajstić information content (AvgIpc) is 2.94. The highest BCUT2D eigenvalue weighted by molar-refractivity contribution is 6.41. The second-order valence-corrected chi connectivity index (χ2v) is 5.57. The molecule has 3 rings (SSSR count). The van der Waals surface area contributed by atoms with Crippen LogP contribution in [0.4, 0.5) is 5.69 Å². The van der Waals surface area contributed by atoms with Gasteiger partial charge in [0.15, 0.2) is 0 Å². The van der Waals surface area contributed by atoms with Crippen LogP contribution < -0.4 is 4.90 Å². The summed E-state index contributed by atoms with van der Waals surface area (Å²) < 4.78 is 10.5. The fraction of sp³-hybridized carbons (Fsp3) is 0.150. The van der Waals surface area contributed by atoms with Crippen LogP contribution in [-0.4, -0.2) is 24.5 Å². The second kappa shape index (κ2) is 6.84. The van der Waals surface area contributed by atoms with Gasteiger partial charge in [-0.25, -0.2) is 9.59 Å². The van der Waals surface area contributed by atoms with Crippen molar-refractivity contribution in [2.24, 2.45) is 0 Å². The van der Waals surface area contributed by atoms with Gasteiger partial charge in [-0.15, -0.1) is 0 Å². The van der Waals surface area contributed by atoms with Gasteiger partial charge in [-0.3, -0.25) is 9.69 Å². The Morgan fingerprint density at radius 1 is 1.08 bits per heavy atom. The van der Waals surface area contributed by atoms with Crippen LogP contribution in [0.15, 0.2) is 72.8 Å². The number of anilines is 1. The van der Waals surface area contributed by atoms with Gasteiger partial charge in [-0.2, -0.15) is 0 Å². The summed E-state index contributed by atoms with van der Waals surface area (Å²) in [6, 6.07) is 17.0. The number of hydrogen-bond acceptors (Lipinski definition) is 5. The van der Waals surface area contributed by atoms with Crippen molar-refractivity contribution in [2.45, 2.75) is 12.6 Å². The maximum Gasteiger partial charge on any atom is 0.400 e. The maximum atomic E-state index is 12.6. The predicted octanol–water partition coefficient (Wildman–Crippen LogP) is 2.55. The van der Waals surface area contributed by atoms with Crippen LogP contribution in [0, 0.1) is 0 Å². The molecule has 6 heteroatoms. The fourth-order valence-corrected chi connectivity index (χ4v) is 2.91. The van der Waals surface area contributed by atoms with Crippen molar-refractivity contribution in [1.29, 1.82) is 0 Å². The third-order valence-corrected chi connectivity index (χ3v) is 4.04. The number of carbonyl (C=O) groups is 3. The lowest BCUT2D eigenvalue weighted by atomic mass is 9.93. The molecular weight excluding hydrogens is 334 g/mol. The number of amides is 1. The standard InChI is InChI=1S/C20H17NO5/c1-3-25-18(23)14(2)20(15-10-6-4-7-11-15)21(17(22)19(24)26-20)16-12-8-5-9-13-16/h4-13H,2-3H2,1H3. The van der Waals surface area contributed by atoms with Crippen molar-refractivity contribution < 1.29 is 23.9 Å². The number of rotatable bonds is 5. The molecule has 1 atom stereocenters. The van der Waals surface area contributed by atoms with E-state index in [-0.39, 0.29) is 12.2 Å². The molecule has 1 saturated heterocycles. The van der Waals surface area contributed by atoms with Gasteiger partial charge in [0.2, 0.25) is 0 Å². The van der Waals surface area contributed by atoms with Crippen molar-refractivity contribution in [1.82, 2.24) is 0 Å². The Kier molecular flexibility index (Phi) is 4.58. The number of esters is 2. The second-order valence-electron chi connectivity index (χ2n) is 5.57. The topological polar surface area (TPSA) is 72.9 Å². The van der Waals surface area contributed by atoms with Gasteiger partial charge in [0.1, 0.15) is 0 Å². The van der Waals surface area contributed by atoms with E-state index in [4.69, 9.17) is 9.47 Å². The summed E-state index contributed by atoms with van der Waals surface area (Å²) in [5, 5.41) is 0. The van der Waals surface area contributed by atoms with Crippen LogP contribution in [0.25, 0.3) is 0 Å². The molecule has 0 aromatic heterocycles. The lowest BCUT2D eigenvalue weighted by Gasteiger charge is -2.36. The van der Waals surface area contributed by atoms with Gasteiger partial charge in [-0.05, 0) is 19.1 Å². The molecule has 1 aliphatic rings. The summed E-state index contributed by atoms with van der Waals surface area (Å²) in [7, 11) is 0. The molecule has 2 aromatic carbocycles. The van der Waals surface area contributed by atoms with Crippen molar-refractivity contribution in [2.75, 3.05) is 11.5 Å². The molecule has 1 heterocycles. The van der Waals surface area contributed by atoms with E-state index in [1.54, 1.807) is 67.6 Å². The van der Waals surface area contributed by atoms with E-state index in [0.717, 1.165) is 4.90 Å². The molecular formula is C20H17NO5. The number of hydrogen-bond donors (Lipinski definition) is 0. The fourth-order valence-electron chi connectivity index (χ4n) is 2.91. The molecule has 1 aliphatic heterocycles. The summed E-state index contributed by atoms with van der Waals surface area (Å²) in [5.74, 6) is -2.70. The minimum absolute atomic E-state index is 0.121. The number of nitrogens with zero attached hydrogens (tertiary/aromatic N) is 1. The summed E-state index contributed by atoms with van der Waals surface area (Å²) in [6.45, 7) is 5.58. The van der Waals surface area contributed by atoms with Crippen molar-refractivity contribution in [3.05, 3.63) is 78.4 Å². The van der Waals surface area contributed by atoms with Crippen LogP contribution in [0.1, 0.15) is 12.5 Å². The molecule has 1 fully saturated rings. The zero-order chi connectivity index (χ0) is 18.7. The molecule has 6 nitrogen and oxygen atoms in total. The first-order valence-corrected chi connectivity index (χ1v) is 8.07. The third-order valence-electron chi connectivity index (χ3n) is 4.04. The Labute approximate surface area is 150 Å². The molecule has 1 unspecified atom stereocenters. The predicted molar refractivity (Wildman–Crippen MR) is 93.9 cm³/mol. The number of carbonyl (C=O) groups excluding carboxylic acids is 3. The molecule has 0 bridgehead atoms. The van der Waals surface area contributed by atoms with Gasteiger partial charge in [0.25, 0.3) is 5.72 Å². The monoisotopic (exact) mass is 351 g/mol. The van der Waals surface area contributed by atoms with Gasteiger partial charge in [-0.1, -0.05) is 55.1 Å². The highest BCUT2D eigenvalue weighted by atomic mass is 16.6. The number of para-hydroxylation sites is 1. The smallest absolute Gasteiger partial charge is 0.400 e. The first-order chi connectivity index (χ1) is 12.5. The highest BCUT2D eigenvalue weighted by Crippen LogP contribution is 2.44. The van der Waals surface area contributed by atoms with Crippen molar-refractivity contribution in [3.8, 4) is 0 Å². The van der Waals surface area contributed by atoms with Gasteiger partial charge < -0.3 is 9.47 Å². The SMILES string of the molecule is C=C(C(=O)OCC)C1(c2ccccc2)OC(=O)C(=O)N1c1ccccc1. The van der Waals surface area contributed by atoms with Crippen LogP contribution >= 0.6 is 0 Å². The Bertz CT molecular complexity index is 862. The Morgan fingerprint density at radius 2 is 1.65 bits per heavy atom. The molecule has 0 saturated carbocycles. The van der Waals surface area contributed by atoms with E-state index in [1.807, 2.05) is 0 Å². The lowest BCUT2D eigenvalue weighted by Crippen LogP contribution is -2.48. The number of ether oxygens (including phenoxy) is 2. The molecule has 0 spiro atoms. The minimum atomic E-state index is -1.80. The van der Waals surface area contributed by atoms with Gasteiger partial charge >= 0.3 is 17.8 Å². The summed E-state index contributed by atoms with van der Waals surface area (Å²) >= 11 is 0. The van der Waals surface area contributed by atoms with Crippen LogP contribution in [0.3, 0.4) is 0 Å². The molecule has 0 radical (unpaired) electrons. The summed E-state index contributed by atoms with van der Waals surface area (Å²) in [5.41, 5.74) is -1.14. The molecule has 1 amide bonds. The van der Waals surface area contributed by atoms with E-state index < -0.39 is 23.6 Å². The van der Waals surface area contributed by atoms with E-state index >= 15 is 0 Å². The Balaban J connectivity index is 2.25. The normalized spacial score (nSPS) is 19.2. The maximum absolute atomic E-state index is 12.6. The molecule has 0 N–H and O–H groups in total. The zero-order valence-corrected chi connectivity index (χ0v) is 14.2. The number of benzene rings is 2. The molecule has 0 aliphatic carbocycles. The van der Waals surface area contributed by atoms with Crippen molar-refractivity contribution in [3.63, 3.8) is 0 Å². The van der Waals surface area contributed by atoms with Crippen molar-refractivity contribution >= 4 is 23.5 Å². The van der Waals surface area contributed by atoms with E-state index in [2.05, 4.69) is 6.58 Å².